The first-order chi connectivity index (χ1) is 16.4. The molecule has 1 saturated heterocycles. The van der Waals surface area contributed by atoms with Crippen LogP contribution >= 0.6 is 22.9 Å². The van der Waals surface area contributed by atoms with Crippen LogP contribution in [-0.4, -0.2) is 59.1 Å². The van der Waals surface area contributed by atoms with Crippen LogP contribution < -0.4 is 5.32 Å². The van der Waals surface area contributed by atoms with Gasteiger partial charge in [0.05, 0.1) is 18.3 Å². The Labute approximate surface area is 206 Å². The van der Waals surface area contributed by atoms with Gasteiger partial charge < -0.3 is 15.2 Å². The number of aliphatic imine (C=N–C) groups is 1. The fraction of sp³-hybridized carbons (Fsp3) is 0.458. The lowest BCUT2D eigenvalue weighted by Crippen LogP contribution is -2.39. The number of aliphatic hydroxyl groups is 1. The van der Waals surface area contributed by atoms with E-state index in [-0.39, 0.29) is 23.7 Å². The van der Waals surface area contributed by atoms with Crippen LogP contribution in [0.15, 0.2) is 46.0 Å². The van der Waals surface area contributed by atoms with Gasteiger partial charge in [0.1, 0.15) is 11.9 Å². The SMILES string of the molecule is CCOC(=O)C1=C(CN2CC(O)C(C3CC3)C2)NC(c2nccs2)=N[C@H]1c1ccc(F)cc1Cl. The monoisotopic (exact) mass is 504 g/mol. The molecule has 2 unspecified atom stereocenters. The van der Waals surface area contributed by atoms with E-state index in [1.54, 1.807) is 19.2 Å². The Morgan fingerprint density at radius 1 is 1.38 bits per heavy atom. The smallest absolute Gasteiger partial charge is 0.338 e. The van der Waals surface area contributed by atoms with Crippen molar-refractivity contribution in [1.82, 2.24) is 15.2 Å². The Morgan fingerprint density at radius 2 is 2.21 bits per heavy atom. The van der Waals surface area contributed by atoms with Crippen molar-refractivity contribution in [1.29, 1.82) is 0 Å². The minimum absolute atomic E-state index is 0.181. The Hall–Kier alpha value is -2.33. The molecule has 10 heteroatoms. The molecule has 1 aliphatic carbocycles. The summed E-state index contributed by atoms with van der Waals surface area (Å²) in [4.78, 5) is 24.5. The zero-order chi connectivity index (χ0) is 23.8. The maximum Gasteiger partial charge on any atom is 0.338 e. The summed E-state index contributed by atoms with van der Waals surface area (Å²) in [7, 11) is 0. The normalized spacial score (nSPS) is 25.3. The van der Waals surface area contributed by atoms with E-state index in [1.807, 2.05) is 5.38 Å². The maximum absolute atomic E-state index is 13.8. The Morgan fingerprint density at radius 3 is 2.88 bits per heavy atom. The van der Waals surface area contributed by atoms with E-state index in [0.29, 0.717) is 46.7 Å². The van der Waals surface area contributed by atoms with E-state index in [1.165, 1.54) is 23.5 Å². The van der Waals surface area contributed by atoms with Crippen LogP contribution in [0, 0.1) is 17.7 Å². The number of nitrogens with one attached hydrogen (secondary N) is 1. The lowest BCUT2D eigenvalue weighted by molar-refractivity contribution is -0.139. The molecule has 34 heavy (non-hydrogen) atoms. The lowest BCUT2D eigenvalue weighted by Gasteiger charge is -2.29. The van der Waals surface area contributed by atoms with Gasteiger partial charge in [-0.3, -0.25) is 9.89 Å². The number of carbonyl (C=O) groups excluding carboxylic acids is 1. The molecule has 5 rings (SSSR count). The first-order valence-corrected chi connectivity index (χ1v) is 12.7. The zero-order valence-electron chi connectivity index (χ0n) is 18.7. The summed E-state index contributed by atoms with van der Waals surface area (Å²) < 4.78 is 19.2. The minimum atomic E-state index is -0.783. The molecule has 7 nitrogen and oxygen atoms in total. The molecule has 0 bridgehead atoms. The molecule has 3 atom stereocenters. The summed E-state index contributed by atoms with van der Waals surface area (Å²) in [5, 5.41) is 16.6. The van der Waals surface area contributed by atoms with Gasteiger partial charge in [-0.25, -0.2) is 14.2 Å². The van der Waals surface area contributed by atoms with Gasteiger partial charge in [-0.2, -0.15) is 0 Å². The molecule has 3 aliphatic rings. The van der Waals surface area contributed by atoms with Gasteiger partial charge >= 0.3 is 5.97 Å². The third kappa shape index (κ3) is 4.75. The number of benzene rings is 1. The van der Waals surface area contributed by atoms with Gasteiger partial charge in [0.25, 0.3) is 0 Å². The summed E-state index contributed by atoms with van der Waals surface area (Å²) in [6, 6.07) is 3.29. The summed E-state index contributed by atoms with van der Waals surface area (Å²) >= 11 is 7.84. The first-order valence-electron chi connectivity index (χ1n) is 11.4. The number of ether oxygens (including phenoxy) is 1. The summed E-state index contributed by atoms with van der Waals surface area (Å²) in [5.41, 5.74) is 1.48. The van der Waals surface area contributed by atoms with Crippen LogP contribution in [0.5, 0.6) is 0 Å². The molecule has 2 N–H and O–H groups in total. The van der Waals surface area contributed by atoms with Crippen LogP contribution in [0.2, 0.25) is 5.02 Å². The molecule has 2 aliphatic heterocycles. The van der Waals surface area contributed by atoms with E-state index >= 15 is 0 Å². The quantitative estimate of drug-likeness (QED) is 0.561. The Bertz CT molecular complexity index is 1140. The van der Waals surface area contributed by atoms with Gasteiger partial charge in [-0.05, 0) is 37.8 Å². The van der Waals surface area contributed by atoms with Crippen molar-refractivity contribution in [3.8, 4) is 0 Å². The first kappa shape index (κ1) is 23.4. The Balaban J connectivity index is 1.55. The highest BCUT2D eigenvalue weighted by Crippen LogP contribution is 2.42. The summed E-state index contributed by atoms with van der Waals surface area (Å²) in [6.07, 6.45) is 3.63. The van der Waals surface area contributed by atoms with Crippen molar-refractivity contribution < 1.29 is 19.0 Å². The van der Waals surface area contributed by atoms with E-state index in [0.717, 1.165) is 19.4 Å². The molecule has 0 radical (unpaired) electrons. The molecule has 1 aromatic carbocycles. The number of halogens is 2. The number of nitrogens with zero attached hydrogens (tertiary/aromatic N) is 3. The van der Waals surface area contributed by atoms with Crippen molar-refractivity contribution in [3.05, 3.63) is 62.5 Å². The van der Waals surface area contributed by atoms with E-state index in [4.69, 9.17) is 21.3 Å². The van der Waals surface area contributed by atoms with Gasteiger partial charge in [0.15, 0.2) is 10.8 Å². The highest BCUT2D eigenvalue weighted by atomic mass is 35.5. The highest BCUT2D eigenvalue weighted by Gasteiger charge is 2.43. The summed E-state index contributed by atoms with van der Waals surface area (Å²) in [5.74, 6) is 0.379. The minimum Gasteiger partial charge on any atom is -0.463 e. The number of carbonyl (C=O) groups is 1. The van der Waals surface area contributed by atoms with Crippen molar-refractivity contribution >= 4 is 34.7 Å². The molecule has 0 spiro atoms. The van der Waals surface area contributed by atoms with Crippen LogP contribution in [-0.2, 0) is 9.53 Å². The average Bonchev–Trinajstić information content (AvgIpc) is 3.35. The second-order valence-electron chi connectivity index (χ2n) is 8.88. The zero-order valence-corrected chi connectivity index (χ0v) is 20.3. The predicted molar refractivity (Wildman–Crippen MR) is 128 cm³/mol. The van der Waals surface area contributed by atoms with Gasteiger partial charge in [-0.1, -0.05) is 17.7 Å². The van der Waals surface area contributed by atoms with Crippen molar-refractivity contribution in [3.63, 3.8) is 0 Å². The van der Waals surface area contributed by atoms with Crippen molar-refractivity contribution in [2.75, 3.05) is 26.2 Å². The average molecular weight is 505 g/mol. The van der Waals surface area contributed by atoms with E-state index in [2.05, 4.69) is 15.2 Å². The predicted octanol–water partition coefficient (Wildman–Crippen LogP) is 3.55. The number of esters is 1. The van der Waals surface area contributed by atoms with Gasteiger partial charge in [-0.15, -0.1) is 11.3 Å². The van der Waals surface area contributed by atoms with Crippen LogP contribution in [0.3, 0.4) is 0 Å². The van der Waals surface area contributed by atoms with Gasteiger partial charge in [0, 0.05) is 53.4 Å². The lowest BCUT2D eigenvalue weighted by atomic mass is 9.95. The second kappa shape index (κ2) is 9.73. The second-order valence-corrected chi connectivity index (χ2v) is 10.2. The van der Waals surface area contributed by atoms with E-state index in [9.17, 15) is 14.3 Å². The van der Waals surface area contributed by atoms with Crippen molar-refractivity contribution in [2.24, 2.45) is 16.8 Å². The largest absolute Gasteiger partial charge is 0.463 e. The van der Waals surface area contributed by atoms with Crippen LogP contribution in [0.4, 0.5) is 4.39 Å². The molecule has 180 valence electrons. The van der Waals surface area contributed by atoms with E-state index < -0.39 is 17.8 Å². The number of aromatic nitrogens is 1. The van der Waals surface area contributed by atoms with Crippen LogP contribution in [0.25, 0.3) is 0 Å². The highest BCUT2D eigenvalue weighted by molar-refractivity contribution is 7.11. The Kier molecular flexibility index (Phi) is 6.70. The molecule has 1 aromatic heterocycles. The number of hydrogen-bond donors (Lipinski definition) is 2. The maximum atomic E-state index is 13.8. The summed E-state index contributed by atoms with van der Waals surface area (Å²) in [6.45, 7) is 3.66. The van der Waals surface area contributed by atoms with Crippen LogP contribution in [0.1, 0.15) is 36.4 Å². The number of hydrogen-bond acceptors (Lipinski definition) is 8. The molecule has 3 heterocycles. The standard InChI is InChI=1S/C24H26ClFN4O3S/c1-2-33-24(32)20-18(11-30-10-16(13-3-4-13)19(31)12-30)28-22(23-27-7-8-34-23)29-21(20)15-6-5-14(26)9-17(15)25/h5-9,13,16,19,21,31H,2-4,10-12H2,1H3,(H,28,29)/t16?,19?,21-/m0/s1. The fourth-order valence-corrected chi connectivity index (χ4v) is 5.66. The third-order valence-electron chi connectivity index (χ3n) is 6.53. The molecular formula is C24H26ClFN4O3S. The molecule has 2 aromatic rings. The molecule has 2 fully saturated rings. The van der Waals surface area contributed by atoms with Crippen molar-refractivity contribution in [2.45, 2.75) is 31.9 Å². The molecular weight excluding hydrogens is 479 g/mol. The topological polar surface area (TPSA) is 87.0 Å². The third-order valence-corrected chi connectivity index (χ3v) is 7.64. The number of rotatable bonds is 7. The van der Waals surface area contributed by atoms with Gasteiger partial charge in [0.2, 0.25) is 0 Å². The molecule has 1 saturated carbocycles. The number of likely N-dealkylation sites (tertiary alicyclic amines) is 1. The molecule has 0 amide bonds. The fourth-order valence-electron chi connectivity index (χ4n) is 4.80. The number of thiazole rings is 1. The number of aliphatic hydroxyl groups excluding tert-OH is 1. The number of β-amino-alcohol motifs (C(OH)–C–C–N with tert-alkyl or cyclic N) is 1. The number of amidine groups is 1.